The molecular weight excluding hydrogens is 180 g/mol. The second-order valence-electron chi connectivity index (χ2n) is 1.24. The predicted molar refractivity (Wildman–Crippen MR) is 36.3 cm³/mol. The molecule has 0 heterocycles. The van der Waals surface area contributed by atoms with E-state index in [1.54, 1.807) is 0 Å². The van der Waals surface area contributed by atoms with E-state index in [-0.39, 0.29) is 0 Å². The summed E-state index contributed by atoms with van der Waals surface area (Å²) in [7, 11) is 0. The molecule has 62 valence electrons. The van der Waals surface area contributed by atoms with Gasteiger partial charge < -0.3 is 0 Å². The highest BCUT2D eigenvalue weighted by atomic mass is 32.2. The van der Waals surface area contributed by atoms with Crippen molar-refractivity contribution in [2.75, 3.05) is 12.5 Å². The summed E-state index contributed by atoms with van der Waals surface area (Å²) in [4.78, 5) is 0. The standard InChI is InChI=1S/C2H8N2O4S2/c1-9(5)7-4(3)8-10(2)6/h3H2,1-2H3. The number of hydrazine groups is 1. The molecule has 0 saturated carbocycles. The van der Waals surface area contributed by atoms with E-state index in [0.29, 0.717) is 5.34 Å². The van der Waals surface area contributed by atoms with Gasteiger partial charge in [-0.1, -0.05) is 0 Å². The van der Waals surface area contributed by atoms with Crippen LogP contribution < -0.4 is 5.84 Å². The lowest BCUT2D eigenvalue weighted by molar-refractivity contribution is -0.246. The first-order valence-corrected chi connectivity index (χ1v) is 5.07. The van der Waals surface area contributed by atoms with E-state index in [2.05, 4.69) is 8.57 Å². The van der Waals surface area contributed by atoms with E-state index < -0.39 is 22.2 Å². The SMILES string of the molecule is CS(=O)ON(N)OS(C)=O. The molecule has 0 aromatic rings. The van der Waals surface area contributed by atoms with Gasteiger partial charge in [0, 0.05) is 17.8 Å². The first kappa shape index (κ1) is 10.1. The van der Waals surface area contributed by atoms with Gasteiger partial charge in [-0.05, 0) is 0 Å². The van der Waals surface area contributed by atoms with Crippen LogP contribution in [0.3, 0.4) is 0 Å². The summed E-state index contributed by atoms with van der Waals surface area (Å²) >= 11 is -3.14. The minimum Gasteiger partial charge on any atom is -0.228 e. The molecule has 0 radical (unpaired) electrons. The van der Waals surface area contributed by atoms with Crippen molar-refractivity contribution in [3.8, 4) is 0 Å². The Hall–Kier alpha value is 0.140. The zero-order chi connectivity index (χ0) is 8.15. The summed E-state index contributed by atoms with van der Waals surface area (Å²) in [6, 6.07) is 0. The molecule has 2 unspecified atom stereocenters. The Morgan fingerprint density at radius 2 is 1.50 bits per heavy atom. The maximum absolute atomic E-state index is 10.2. The lowest BCUT2D eigenvalue weighted by Crippen LogP contribution is -2.32. The molecule has 6 nitrogen and oxygen atoms in total. The molecule has 0 fully saturated rings. The fraction of sp³-hybridized carbons (Fsp3) is 1.00. The van der Waals surface area contributed by atoms with Crippen LogP contribution in [0.1, 0.15) is 0 Å². The minimum atomic E-state index is -1.57. The maximum Gasteiger partial charge on any atom is 0.174 e. The van der Waals surface area contributed by atoms with Crippen molar-refractivity contribution in [1.29, 1.82) is 0 Å². The van der Waals surface area contributed by atoms with Crippen molar-refractivity contribution in [2.45, 2.75) is 0 Å². The second kappa shape index (κ2) is 4.88. The predicted octanol–water partition coefficient (Wildman–Crippen LogP) is -1.39. The Morgan fingerprint density at radius 1 is 1.20 bits per heavy atom. The van der Waals surface area contributed by atoms with Crippen LogP contribution in [0.15, 0.2) is 0 Å². The van der Waals surface area contributed by atoms with Gasteiger partial charge in [0.2, 0.25) is 0 Å². The van der Waals surface area contributed by atoms with E-state index in [0.717, 1.165) is 0 Å². The Labute approximate surface area is 63.5 Å². The van der Waals surface area contributed by atoms with Crippen LogP contribution in [0.25, 0.3) is 0 Å². The number of hydrogen-bond donors (Lipinski definition) is 1. The van der Waals surface area contributed by atoms with Gasteiger partial charge in [0.1, 0.15) is 0 Å². The molecule has 0 amide bonds. The molecule has 0 rings (SSSR count). The van der Waals surface area contributed by atoms with Crippen molar-refractivity contribution in [3.05, 3.63) is 0 Å². The van der Waals surface area contributed by atoms with Crippen LogP contribution in [0, 0.1) is 0 Å². The quantitative estimate of drug-likeness (QED) is 0.432. The molecule has 8 heteroatoms. The smallest absolute Gasteiger partial charge is 0.174 e. The van der Waals surface area contributed by atoms with E-state index in [9.17, 15) is 8.42 Å². The Bertz CT molecular complexity index is 134. The van der Waals surface area contributed by atoms with Crippen molar-refractivity contribution < 1.29 is 17.0 Å². The molecule has 10 heavy (non-hydrogen) atoms. The molecule has 0 saturated heterocycles. The van der Waals surface area contributed by atoms with Crippen molar-refractivity contribution in [1.82, 2.24) is 5.34 Å². The fourth-order valence-corrected chi connectivity index (χ4v) is 0.733. The normalized spacial score (nSPS) is 17.2. The first-order chi connectivity index (χ1) is 4.52. The number of nitrogens with zero attached hydrogens (tertiary/aromatic N) is 1. The maximum atomic E-state index is 10.2. The lowest BCUT2D eigenvalue weighted by Gasteiger charge is -2.08. The van der Waals surface area contributed by atoms with Gasteiger partial charge in [0.05, 0.1) is 0 Å². The highest BCUT2D eigenvalue weighted by Crippen LogP contribution is 1.88. The van der Waals surface area contributed by atoms with Gasteiger partial charge in [-0.15, -0.1) is 0 Å². The molecular formula is C2H8N2O4S2. The summed E-state index contributed by atoms with van der Waals surface area (Å²) in [6.07, 6.45) is 2.50. The van der Waals surface area contributed by atoms with Crippen LogP contribution in [0.4, 0.5) is 0 Å². The second-order valence-corrected chi connectivity index (χ2v) is 3.14. The zero-order valence-corrected chi connectivity index (χ0v) is 7.11. The van der Waals surface area contributed by atoms with E-state index >= 15 is 0 Å². The summed E-state index contributed by atoms with van der Waals surface area (Å²) in [5.74, 6) is 4.88. The summed E-state index contributed by atoms with van der Waals surface area (Å²) in [6.45, 7) is 0. The minimum absolute atomic E-state index is 0.298. The molecule has 0 aliphatic carbocycles. The number of hydrogen-bond acceptors (Lipinski definition) is 6. The molecule has 0 aliphatic rings. The molecule has 2 N–H and O–H groups in total. The number of rotatable bonds is 4. The highest BCUT2D eigenvalue weighted by Gasteiger charge is 2.03. The van der Waals surface area contributed by atoms with E-state index in [4.69, 9.17) is 5.84 Å². The van der Waals surface area contributed by atoms with Crippen molar-refractivity contribution in [2.24, 2.45) is 5.84 Å². The van der Waals surface area contributed by atoms with Gasteiger partial charge in [-0.25, -0.2) is 14.3 Å². The van der Waals surface area contributed by atoms with Gasteiger partial charge >= 0.3 is 0 Å². The van der Waals surface area contributed by atoms with E-state index in [1.807, 2.05) is 0 Å². The van der Waals surface area contributed by atoms with E-state index in [1.165, 1.54) is 12.5 Å². The summed E-state index contributed by atoms with van der Waals surface area (Å²) in [5.41, 5.74) is 0. The molecule has 0 aromatic heterocycles. The lowest BCUT2D eigenvalue weighted by atomic mass is 12.0. The first-order valence-electron chi connectivity index (χ1n) is 2.11. The van der Waals surface area contributed by atoms with Crippen molar-refractivity contribution in [3.63, 3.8) is 0 Å². The molecule has 0 aromatic carbocycles. The topological polar surface area (TPSA) is 81.9 Å². The average molecular weight is 188 g/mol. The van der Waals surface area contributed by atoms with Gasteiger partial charge in [0.25, 0.3) is 0 Å². The molecule has 0 bridgehead atoms. The fourth-order valence-electron chi connectivity index (χ4n) is 0.219. The third kappa shape index (κ3) is 6.26. The molecule has 0 spiro atoms. The van der Waals surface area contributed by atoms with Crippen LogP contribution in [-0.4, -0.2) is 26.3 Å². The third-order valence-corrected chi connectivity index (χ3v) is 1.07. The monoisotopic (exact) mass is 188 g/mol. The Morgan fingerprint density at radius 3 is 1.70 bits per heavy atom. The van der Waals surface area contributed by atoms with Crippen LogP contribution in [0.5, 0.6) is 0 Å². The summed E-state index contributed by atoms with van der Waals surface area (Å²) in [5, 5.41) is 0.298. The van der Waals surface area contributed by atoms with Gasteiger partial charge in [-0.2, -0.15) is 8.57 Å². The number of nitrogens with two attached hydrogens (primary N) is 1. The van der Waals surface area contributed by atoms with Crippen LogP contribution >= 0.6 is 0 Å². The van der Waals surface area contributed by atoms with Crippen LogP contribution in [-0.2, 0) is 30.7 Å². The summed E-state index contributed by atoms with van der Waals surface area (Å²) < 4.78 is 28.9. The molecule has 0 aliphatic heterocycles. The van der Waals surface area contributed by atoms with Gasteiger partial charge in [-0.3, -0.25) is 0 Å². The third-order valence-electron chi connectivity index (χ3n) is 0.357. The highest BCUT2D eigenvalue weighted by molar-refractivity contribution is 7.79. The molecule has 2 atom stereocenters. The Balaban J connectivity index is 3.53. The average Bonchev–Trinajstić information content (AvgIpc) is 1.58. The van der Waals surface area contributed by atoms with Gasteiger partial charge in [0.15, 0.2) is 22.2 Å². The zero-order valence-electron chi connectivity index (χ0n) is 5.47. The van der Waals surface area contributed by atoms with Crippen LogP contribution in [0.2, 0.25) is 0 Å². The van der Waals surface area contributed by atoms with Crippen molar-refractivity contribution >= 4 is 22.2 Å². The largest absolute Gasteiger partial charge is 0.228 e. The Kier molecular flexibility index (Phi) is 4.95.